The highest BCUT2D eigenvalue weighted by molar-refractivity contribution is 6.30. The largest absolute Gasteiger partial charge is 0.308 e. The summed E-state index contributed by atoms with van der Waals surface area (Å²) in [4.78, 5) is 0. The SMILES string of the molecule is CC(C)(C)NCc1cnn(Cc2cc(Cl)ccc2F)c1. The molecule has 0 saturated heterocycles. The molecule has 2 rings (SSSR count). The number of hydrogen-bond acceptors (Lipinski definition) is 2. The summed E-state index contributed by atoms with van der Waals surface area (Å²) >= 11 is 5.88. The first-order valence-electron chi connectivity index (χ1n) is 6.54. The van der Waals surface area contributed by atoms with Crippen LogP contribution in [0.5, 0.6) is 0 Å². The van der Waals surface area contributed by atoms with Crippen molar-refractivity contribution in [2.45, 2.75) is 39.4 Å². The van der Waals surface area contributed by atoms with Crippen LogP contribution in [0.15, 0.2) is 30.6 Å². The highest BCUT2D eigenvalue weighted by atomic mass is 35.5. The fraction of sp³-hybridized carbons (Fsp3) is 0.400. The zero-order valence-electron chi connectivity index (χ0n) is 12.0. The van der Waals surface area contributed by atoms with Crippen LogP contribution in [-0.4, -0.2) is 15.3 Å². The Bertz CT molecular complexity index is 587. The predicted octanol–water partition coefficient (Wildman–Crippen LogP) is 3.61. The molecule has 0 unspecified atom stereocenters. The fourth-order valence-electron chi connectivity index (χ4n) is 1.79. The average Bonchev–Trinajstić information content (AvgIpc) is 2.78. The van der Waals surface area contributed by atoms with E-state index in [1.807, 2.05) is 6.20 Å². The van der Waals surface area contributed by atoms with Crippen molar-refractivity contribution in [2.75, 3.05) is 0 Å². The second kappa shape index (κ2) is 5.94. The summed E-state index contributed by atoms with van der Waals surface area (Å²) in [5.74, 6) is -0.265. The van der Waals surface area contributed by atoms with E-state index < -0.39 is 0 Å². The Hall–Kier alpha value is -1.39. The summed E-state index contributed by atoms with van der Waals surface area (Å²) in [5, 5.41) is 8.17. The summed E-state index contributed by atoms with van der Waals surface area (Å²) in [6, 6.07) is 4.55. The van der Waals surface area contributed by atoms with Crippen molar-refractivity contribution in [1.29, 1.82) is 0 Å². The Labute approximate surface area is 123 Å². The van der Waals surface area contributed by atoms with Crippen molar-refractivity contribution >= 4 is 11.6 Å². The van der Waals surface area contributed by atoms with E-state index >= 15 is 0 Å². The van der Waals surface area contributed by atoms with Crippen molar-refractivity contribution in [1.82, 2.24) is 15.1 Å². The molecule has 0 spiro atoms. The van der Waals surface area contributed by atoms with E-state index in [9.17, 15) is 4.39 Å². The standard InChI is InChI=1S/C15H19ClFN3/c1-15(2,3)18-7-11-8-19-20(9-11)10-12-6-13(16)4-5-14(12)17/h4-6,8-9,18H,7,10H2,1-3H3. The van der Waals surface area contributed by atoms with Gasteiger partial charge in [0.25, 0.3) is 0 Å². The van der Waals surface area contributed by atoms with Gasteiger partial charge in [0.05, 0.1) is 12.7 Å². The van der Waals surface area contributed by atoms with Crippen LogP contribution in [0.25, 0.3) is 0 Å². The smallest absolute Gasteiger partial charge is 0.128 e. The molecular formula is C15H19ClFN3. The van der Waals surface area contributed by atoms with Gasteiger partial charge in [0, 0.05) is 34.4 Å². The minimum absolute atomic E-state index is 0.0567. The second-order valence-electron chi connectivity index (χ2n) is 5.89. The molecule has 0 amide bonds. The summed E-state index contributed by atoms with van der Waals surface area (Å²) in [6.07, 6.45) is 3.71. The molecule has 5 heteroatoms. The van der Waals surface area contributed by atoms with Crippen LogP contribution in [0, 0.1) is 5.82 Å². The van der Waals surface area contributed by atoms with E-state index in [4.69, 9.17) is 11.6 Å². The average molecular weight is 296 g/mol. The number of rotatable bonds is 4. The minimum atomic E-state index is -0.265. The third-order valence-electron chi connectivity index (χ3n) is 2.85. The molecular weight excluding hydrogens is 277 g/mol. The number of benzene rings is 1. The van der Waals surface area contributed by atoms with Gasteiger partial charge < -0.3 is 5.32 Å². The van der Waals surface area contributed by atoms with Crippen molar-refractivity contribution in [3.63, 3.8) is 0 Å². The normalized spacial score (nSPS) is 11.8. The summed E-state index contributed by atoms with van der Waals surface area (Å²) in [5.41, 5.74) is 1.67. The molecule has 0 aliphatic carbocycles. The van der Waals surface area contributed by atoms with Crippen LogP contribution in [0.3, 0.4) is 0 Å². The van der Waals surface area contributed by atoms with Gasteiger partial charge in [-0.05, 0) is 39.0 Å². The van der Waals surface area contributed by atoms with Gasteiger partial charge in [0.2, 0.25) is 0 Å². The lowest BCUT2D eigenvalue weighted by molar-refractivity contribution is 0.424. The van der Waals surface area contributed by atoms with Crippen molar-refractivity contribution in [3.05, 3.63) is 52.6 Å². The first-order valence-corrected chi connectivity index (χ1v) is 6.91. The Morgan fingerprint density at radius 2 is 2.10 bits per heavy atom. The third kappa shape index (κ3) is 4.32. The van der Waals surface area contributed by atoms with E-state index in [0.717, 1.165) is 12.1 Å². The van der Waals surface area contributed by atoms with E-state index in [-0.39, 0.29) is 11.4 Å². The van der Waals surface area contributed by atoms with Crippen LogP contribution in [-0.2, 0) is 13.1 Å². The monoisotopic (exact) mass is 295 g/mol. The van der Waals surface area contributed by atoms with Crippen molar-refractivity contribution < 1.29 is 4.39 Å². The van der Waals surface area contributed by atoms with E-state index in [2.05, 4.69) is 31.2 Å². The molecule has 1 aromatic heterocycles. The molecule has 108 valence electrons. The second-order valence-corrected chi connectivity index (χ2v) is 6.32. The quantitative estimate of drug-likeness (QED) is 0.934. The zero-order valence-corrected chi connectivity index (χ0v) is 12.7. The van der Waals surface area contributed by atoms with Crippen LogP contribution in [0.2, 0.25) is 5.02 Å². The van der Waals surface area contributed by atoms with Crippen LogP contribution >= 0.6 is 11.6 Å². The molecule has 0 radical (unpaired) electrons. The number of halogens is 2. The van der Waals surface area contributed by atoms with Crippen LogP contribution in [0.1, 0.15) is 31.9 Å². The predicted molar refractivity (Wildman–Crippen MR) is 79.3 cm³/mol. The topological polar surface area (TPSA) is 29.9 Å². The molecule has 1 aromatic carbocycles. The van der Waals surface area contributed by atoms with E-state index in [1.54, 1.807) is 23.0 Å². The Balaban J connectivity index is 2.04. The van der Waals surface area contributed by atoms with Crippen molar-refractivity contribution in [2.24, 2.45) is 0 Å². The molecule has 0 aliphatic heterocycles. The molecule has 20 heavy (non-hydrogen) atoms. The van der Waals surface area contributed by atoms with Gasteiger partial charge in [-0.3, -0.25) is 4.68 Å². The molecule has 3 nitrogen and oxygen atoms in total. The van der Waals surface area contributed by atoms with Gasteiger partial charge in [-0.1, -0.05) is 11.6 Å². The highest BCUT2D eigenvalue weighted by Gasteiger charge is 2.10. The van der Waals surface area contributed by atoms with Gasteiger partial charge in [-0.25, -0.2) is 4.39 Å². The molecule has 1 heterocycles. The number of nitrogens with zero attached hydrogens (tertiary/aromatic N) is 2. The molecule has 0 saturated carbocycles. The Morgan fingerprint density at radius 3 is 2.80 bits per heavy atom. The Morgan fingerprint density at radius 1 is 1.35 bits per heavy atom. The minimum Gasteiger partial charge on any atom is -0.308 e. The maximum atomic E-state index is 13.7. The number of nitrogens with one attached hydrogen (secondary N) is 1. The molecule has 2 aromatic rings. The van der Waals surface area contributed by atoms with Crippen LogP contribution in [0.4, 0.5) is 4.39 Å². The van der Waals surface area contributed by atoms with Gasteiger partial charge >= 0.3 is 0 Å². The molecule has 0 aliphatic rings. The summed E-state index contributed by atoms with van der Waals surface area (Å²) in [7, 11) is 0. The lowest BCUT2D eigenvalue weighted by Gasteiger charge is -2.19. The zero-order chi connectivity index (χ0) is 14.8. The maximum Gasteiger partial charge on any atom is 0.128 e. The summed E-state index contributed by atoms with van der Waals surface area (Å²) in [6.45, 7) is 7.44. The lowest BCUT2D eigenvalue weighted by Crippen LogP contribution is -2.34. The third-order valence-corrected chi connectivity index (χ3v) is 3.08. The van der Waals surface area contributed by atoms with Gasteiger partial charge in [-0.15, -0.1) is 0 Å². The lowest BCUT2D eigenvalue weighted by atomic mass is 10.1. The maximum absolute atomic E-state index is 13.7. The molecule has 1 N–H and O–H groups in total. The highest BCUT2D eigenvalue weighted by Crippen LogP contribution is 2.16. The van der Waals surface area contributed by atoms with Gasteiger partial charge in [-0.2, -0.15) is 5.10 Å². The first-order chi connectivity index (χ1) is 9.33. The first kappa shape index (κ1) is 15.0. The van der Waals surface area contributed by atoms with E-state index in [0.29, 0.717) is 17.1 Å². The number of aromatic nitrogens is 2. The van der Waals surface area contributed by atoms with Gasteiger partial charge in [0.1, 0.15) is 5.82 Å². The van der Waals surface area contributed by atoms with Crippen molar-refractivity contribution in [3.8, 4) is 0 Å². The van der Waals surface area contributed by atoms with Crippen LogP contribution < -0.4 is 5.32 Å². The van der Waals surface area contributed by atoms with E-state index in [1.165, 1.54) is 6.07 Å². The van der Waals surface area contributed by atoms with Gasteiger partial charge in [0.15, 0.2) is 0 Å². The molecule has 0 fully saturated rings. The summed E-state index contributed by atoms with van der Waals surface area (Å²) < 4.78 is 15.4. The molecule has 0 bridgehead atoms. The fourth-order valence-corrected chi connectivity index (χ4v) is 1.99. The number of hydrogen-bond donors (Lipinski definition) is 1. The molecule has 0 atom stereocenters. The Kier molecular flexibility index (Phi) is 4.45.